The van der Waals surface area contributed by atoms with Gasteiger partial charge in [0.1, 0.15) is 10.1 Å². The molecule has 7 heteroatoms. The molecule has 0 spiro atoms. The third-order valence-corrected chi connectivity index (χ3v) is 6.27. The summed E-state index contributed by atoms with van der Waals surface area (Å²) in [5.41, 5.74) is 1.75. The molecule has 1 unspecified atom stereocenters. The second-order valence-electron chi connectivity index (χ2n) is 7.16. The molecule has 0 N–H and O–H groups in total. The largest absolute Gasteiger partial charge is 0.423 e. The van der Waals surface area contributed by atoms with E-state index in [2.05, 4.69) is 0 Å². The Morgan fingerprint density at radius 1 is 1.16 bits per heavy atom. The zero-order valence-electron chi connectivity index (χ0n) is 16.7. The van der Waals surface area contributed by atoms with Crippen molar-refractivity contribution in [2.75, 3.05) is 13.2 Å². The van der Waals surface area contributed by atoms with Gasteiger partial charge in [-0.25, -0.2) is 4.79 Å². The molecule has 1 amide bonds. The first-order valence-electron chi connectivity index (χ1n) is 10.0. The summed E-state index contributed by atoms with van der Waals surface area (Å²) in [6.45, 7) is 1.25. The van der Waals surface area contributed by atoms with Crippen LogP contribution < -0.4 is 4.74 Å². The smallest absolute Gasteiger partial charge is 0.336 e. The van der Waals surface area contributed by atoms with Gasteiger partial charge in [0.2, 0.25) is 0 Å². The number of benzene rings is 2. The number of esters is 1. The zero-order valence-corrected chi connectivity index (χ0v) is 18.4. The van der Waals surface area contributed by atoms with E-state index >= 15 is 0 Å². The maximum absolute atomic E-state index is 12.7. The summed E-state index contributed by atoms with van der Waals surface area (Å²) in [5, 5.41) is 0. The lowest BCUT2D eigenvalue weighted by molar-refractivity contribution is -0.129. The molecular weight excluding hydrogens is 430 g/mol. The number of carbonyl (C=O) groups is 2. The number of carbonyl (C=O) groups excluding carboxylic acids is 2. The Balaban J connectivity index is 1.36. The van der Waals surface area contributed by atoms with Crippen LogP contribution in [0.3, 0.4) is 0 Å². The van der Waals surface area contributed by atoms with Crippen molar-refractivity contribution < 1.29 is 19.1 Å². The van der Waals surface area contributed by atoms with Gasteiger partial charge in [-0.1, -0.05) is 66.4 Å². The number of thiocarbonyl (C=S) groups is 1. The fourth-order valence-electron chi connectivity index (χ4n) is 3.31. The SMILES string of the molecule is O=C(/C=C/c1ccccc1)Oc1ccc(/C=C2\SC(=S)N(CC3CCCO3)C2=O)cc1. The van der Waals surface area contributed by atoms with Gasteiger partial charge in [-0.2, -0.15) is 0 Å². The number of rotatable bonds is 6. The Kier molecular flexibility index (Phi) is 6.96. The lowest BCUT2D eigenvalue weighted by Gasteiger charge is -2.18. The van der Waals surface area contributed by atoms with Crippen molar-refractivity contribution >= 4 is 52.3 Å². The fourth-order valence-corrected chi connectivity index (χ4v) is 4.59. The van der Waals surface area contributed by atoms with E-state index in [1.807, 2.05) is 30.3 Å². The third kappa shape index (κ3) is 5.70. The van der Waals surface area contributed by atoms with Gasteiger partial charge in [-0.15, -0.1) is 0 Å². The van der Waals surface area contributed by atoms with Gasteiger partial charge < -0.3 is 9.47 Å². The predicted molar refractivity (Wildman–Crippen MR) is 126 cm³/mol. The summed E-state index contributed by atoms with van der Waals surface area (Å²) in [6.07, 6.45) is 6.94. The van der Waals surface area contributed by atoms with Crippen LogP contribution in [-0.4, -0.2) is 40.4 Å². The first-order valence-corrected chi connectivity index (χ1v) is 11.2. The molecule has 1 atom stereocenters. The highest BCUT2D eigenvalue weighted by Crippen LogP contribution is 2.33. The van der Waals surface area contributed by atoms with Crippen LogP contribution in [0.1, 0.15) is 24.0 Å². The second-order valence-corrected chi connectivity index (χ2v) is 8.84. The molecule has 2 aromatic carbocycles. The molecule has 31 heavy (non-hydrogen) atoms. The van der Waals surface area contributed by atoms with Crippen molar-refractivity contribution in [3.8, 4) is 5.75 Å². The van der Waals surface area contributed by atoms with E-state index in [0.717, 1.165) is 30.6 Å². The number of nitrogens with zero attached hydrogens (tertiary/aromatic N) is 1. The van der Waals surface area contributed by atoms with Crippen LogP contribution in [0.25, 0.3) is 12.2 Å². The Bertz CT molecular complexity index is 1030. The van der Waals surface area contributed by atoms with Gasteiger partial charge in [-0.05, 0) is 48.3 Å². The summed E-state index contributed by atoms with van der Waals surface area (Å²) in [5.74, 6) is -0.107. The zero-order chi connectivity index (χ0) is 21.6. The molecule has 2 saturated heterocycles. The Labute approximate surface area is 190 Å². The second kappa shape index (κ2) is 10.0. The third-order valence-electron chi connectivity index (χ3n) is 4.89. The predicted octanol–water partition coefficient (Wildman–Crippen LogP) is 4.69. The topological polar surface area (TPSA) is 55.8 Å². The van der Waals surface area contributed by atoms with E-state index in [4.69, 9.17) is 21.7 Å². The van der Waals surface area contributed by atoms with E-state index in [0.29, 0.717) is 21.5 Å². The van der Waals surface area contributed by atoms with E-state index in [1.165, 1.54) is 17.8 Å². The van der Waals surface area contributed by atoms with Gasteiger partial charge in [0.25, 0.3) is 5.91 Å². The van der Waals surface area contributed by atoms with Gasteiger partial charge in [-0.3, -0.25) is 9.69 Å². The van der Waals surface area contributed by atoms with Crippen LogP contribution in [0.4, 0.5) is 0 Å². The Morgan fingerprint density at radius 3 is 2.65 bits per heavy atom. The van der Waals surface area contributed by atoms with E-state index in [1.54, 1.807) is 41.3 Å². The summed E-state index contributed by atoms with van der Waals surface area (Å²) in [7, 11) is 0. The normalized spacial score (nSPS) is 20.2. The molecule has 0 aliphatic carbocycles. The summed E-state index contributed by atoms with van der Waals surface area (Å²) in [4.78, 5) is 26.9. The van der Waals surface area contributed by atoms with E-state index in [9.17, 15) is 9.59 Å². The van der Waals surface area contributed by atoms with Crippen molar-refractivity contribution in [3.63, 3.8) is 0 Å². The monoisotopic (exact) mass is 451 g/mol. The van der Waals surface area contributed by atoms with Crippen molar-refractivity contribution in [1.82, 2.24) is 4.90 Å². The van der Waals surface area contributed by atoms with Crippen molar-refractivity contribution in [3.05, 3.63) is 76.7 Å². The lowest BCUT2D eigenvalue weighted by Crippen LogP contribution is -2.35. The maximum Gasteiger partial charge on any atom is 0.336 e. The van der Waals surface area contributed by atoms with Gasteiger partial charge in [0, 0.05) is 12.7 Å². The lowest BCUT2D eigenvalue weighted by atomic mass is 10.2. The van der Waals surface area contributed by atoms with Crippen LogP contribution >= 0.6 is 24.0 Å². The summed E-state index contributed by atoms with van der Waals surface area (Å²) >= 11 is 6.68. The van der Waals surface area contributed by atoms with Crippen LogP contribution in [-0.2, 0) is 14.3 Å². The number of amides is 1. The molecule has 5 nitrogen and oxygen atoms in total. The first-order chi connectivity index (χ1) is 15.1. The number of thioether (sulfide) groups is 1. The molecule has 2 fully saturated rings. The molecule has 2 aromatic rings. The highest BCUT2D eigenvalue weighted by molar-refractivity contribution is 8.26. The summed E-state index contributed by atoms with van der Waals surface area (Å²) in [6, 6.07) is 16.5. The summed E-state index contributed by atoms with van der Waals surface area (Å²) < 4.78 is 11.5. The quantitative estimate of drug-likeness (QED) is 0.275. The fraction of sp³-hybridized carbons (Fsp3) is 0.208. The minimum Gasteiger partial charge on any atom is -0.423 e. The Hall–Kier alpha value is -2.74. The van der Waals surface area contributed by atoms with Gasteiger partial charge >= 0.3 is 5.97 Å². The molecule has 0 aromatic heterocycles. The van der Waals surface area contributed by atoms with Gasteiger partial charge in [0.15, 0.2) is 0 Å². The molecular formula is C24H21NO4S2. The molecule has 2 heterocycles. The minimum atomic E-state index is -0.452. The van der Waals surface area contributed by atoms with Gasteiger partial charge in [0.05, 0.1) is 17.6 Å². The number of ether oxygens (including phenoxy) is 2. The van der Waals surface area contributed by atoms with E-state index in [-0.39, 0.29) is 12.0 Å². The van der Waals surface area contributed by atoms with Crippen LogP contribution in [0.15, 0.2) is 65.6 Å². The average molecular weight is 452 g/mol. The highest BCUT2D eigenvalue weighted by atomic mass is 32.2. The van der Waals surface area contributed by atoms with Crippen LogP contribution in [0.5, 0.6) is 5.75 Å². The van der Waals surface area contributed by atoms with Crippen LogP contribution in [0, 0.1) is 0 Å². The highest BCUT2D eigenvalue weighted by Gasteiger charge is 2.34. The molecule has 0 bridgehead atoms. The molecule has 4 rings (SSSR count). The minimum absolute atomic E-state index is 0.0618. The standard InChI is InChI=1S/C24H21NO4S2/c26-22(13-10-17-5-2-1-3-6-17)29-19-11-8-18(9-12-19)15-21-23(27)25(24(30)31-21)16-20-7-4-14-28-20/h1-3,5-6,8-13,15,20H,4,7,14,16H2/b13-10+,21-15-. The van der Waals surface area contributed by atoms with Crippen LogP contribution in [0.2, 0.25) is 0 Å². The van der Waals surface area contributed by atoms with Crippen molar-refractivity contribution in [1.29, 1.82) is 0 Å². The molecule has 0 radical (unpaired) electrons. The Morgan fingerprint density at radius 2 is 1.94 bits per heavy atom. The number of hydrogen-bond donors (Lipinski definition) is 0. The number of hydrogen-bond acceptors (Lipinski definition) is 6. The van der Waals surface area contributed by atoms with Crippen molar-refractivity contribution in [2.45, 2.75) is 18.9 Å². The molecule has 158 valence electrons. The van der Waals surface area contributed by atoms with E-state index < -0.39 is 5.97 Å². The first kappa shape index (κ1) is 21.5. The maximum atomic E-state index is 12.7. The molecule has 0 saturated carbocycles. The van der Waals surface area contributed by atoms with Crippen molar-refractivity contribution in [2.24, 2.45) is 0 Å². The molecule has 2 aliphatic heterocycles. The average Bonchev–Trinajstić information content (AvgIpc) is 3.39. The molecule has 2 aliphatic rings.